The fourth-order valence-corrected chi connectivity index (χ4v) is 3.41. The van der Waals surface area contributed by atoms with Crippen LogP contribution in [0.25, 0.3) is 0 Å². The maximum Gasteiger partial charge on any atom is 0.408 e. The maximum absolute atomic E-state index is 12.9. The Kier molecular flexibility index (Phi) is 10.2. The molecule has 9 heteroatoms. The minimum Gasteiger partial charge on any atom is -0.445 e. The van der Waals surface area contributed by atoms with Crippen molar-refractivity contribution in [1.29, 1.82) is 0 Å². The van der Waals surface area contributed by atoms with Gasteiger partial charge in [0.15, 0.2) is 6.10 Å². The summed E-state index contributed by atoms with van der Waals surface area (Å²) in [6, 6.07) is 20.5. The van der Waals surface area contributed by atoms with Crippen molar-refractivity contribution in [3.63, 3.8) is 0 Å². The van der Waals surface area contributed by atoms with Gasteiger partial charge in [0.25, 0.3) is 5.91 Å². The second-order valence-electron chi connectivity index (χ2n) is 9.78. The highest BCUT2D eigenvalue weighted by Gasteiger charge is 2.25. The highest BCUT2D eigenvalue weighted by Crippen LogP contribution is 2.09. The lowest BCUT2D eigenvalue weighted by molar-refractivity contribution is -0.129. The molecule has 3 rings (SSSR count). The molecule has 3 amide bonds. The van der Waals surface area contributed by atoms with Crippen LogP contribution < -0.4 is 16.0 Å². The van der Waals surface area contributed by atoms with Crippen molar-refractivity contribution in [2.45, 2.75) is 58.5 Å². The number of nitrogens with zero attached hydrogens (tertiary/aromatic N) is 1. The van der Waals surface area contributed by atoms with E-state index in [0.29, 0.717) is 6.54 Å². The van der Waals surface area contributed by atoms with Crippen molar-refractivity contribution in [1.82, 2.24) is 20.9 Å². The Morgan fingerprint density at radius 1 is 0.789 bits per heavy atom. The summed E-state index contributed by atoms with van der Waals surface area (Å²) in [6.45, 7) is 6.25. The van der Waals surface area contributed by atoms with Gasteiger partial charge in [-0.25, -0.2) is 9.59 Å². The van der Waals surface area contributed by atoms with Crippen LogP contribution in [0.2, 0.25) is 0 Å². The summed E-state index contributed by atoms with van der Waals surface area (Å²) >= 11 is 0. The van der Waals surface area contributed by atoms with E-state index in [2.05, 4.69) is 20.9 Å². The summed E-state index contributed by atoms with van der Waals surface area (Å²) in [5, 5.41) is 8.27. The van der Waals surface area contributed by atoms with E-state index in [1.54, 1.807) is 18.5 Å². The van der Waals surface area contributed by atoms with Gasteiger partial charge in [-0.1, -0.05) is 60.7 Å². The standard InChI is InChI=1S/C29H34N4O5/c1-29(2,3)33-28(36)38-25(16-24-10-7-15-30-17-24)26(34)31-18-21-11-13-22(14-12-21)19-32-27(35)37-20-23-8-5-4-6-9-23/h4-15,17,25H,16,18-20H2,1-3H3,(H,31,34)(H,32,35)(H,33,36)/t25-/m0/s1. The van der Waals surface area contributed by atoms with Gasteiger partial charge in [0.1, 0.15) is 6.61 Å². The first-order valence-electron chi connectivity index (χ1n) is 12.4. The minimum atomic E-state index is -1.02. The number of nitrogens with one attached hydrogen (secondary N) is 3. The zero-order valence-corrected chi connectivity index (χ0v) is 21.9. The molecule has 38 heavy (non-hydrogen) atoms. The molecule has 200 valence electrons. The van der Waals surface area contributed by atoms with Crippen LogP contribution in [-0.4, -0.2) is 34.7 Å². The number of carbonyl (C=O) groups excluding carboxylic acids is 3. The van der Waals surface area contributed by atoms with Crippen molar-refractivity contribution >= 4 is 18.1 Å². The van der Waals surface area contributed by atoms with Gasteiger partial charge in [0.2, 0.25) is 0 Å². The highest BCUT2D eigenvalue weighted by molar-refractivity contribution is 5.83. The largest absolute Gasteiger partial charge is 0.445 e. The average molecular weight is 519 g/mol. The summed E-state index contributed by atoms with van der Waals surface area (Å²) in [7, 11) is 0. The number of rotatable bonds is 10. The predicted octanol–water partition coefficient (Wildman–Crippen LogP) is 4.26. The third-order valence-corrected chi connectivity index (χ3v) is 5.30. The van der Waals surface area contributed by atoms with E-state index in [9.17, 15) is 14.4 Å². The van der Waals surface area contributed by atoms with Gasteiger partial charge < -0.3 is 25.4 Å². The van der Waals surface area contributed by atoms with Crippen molar-refractivity contribution in [3.8, 4) is 0 Å². The number of carbonyl (C=O) groups is 3. The molecule has 2 aromatic carbocycles. The lowest BCUT2D eigenvalue weighted by Gasteiger charge is -2.23. The molecule has 0 spiro atoms. The van der Waals surface area contributed by atoms with Gasteiger partial charge in [0, 0.05) is 37.4 Å². The number of aromatic nitrogens is 1. The summed E-state index contributed by atoms with van der Waals surface area (Å²) in [5.74, 6) is -0.412. The zero-order chi connectivity index (χ0) is 27.4. The molecule has 0 fully saturated rings. The smallest absolute Gasteiger partial charge is 0.408 e. The van der Waals surface area contributed by atoms with E-state index < -0.39 is 29.7 Å². The molecule has 0 bridgehead atoms. The Morgan fingerprint density at radius 3 is 2.03 bits per heavy atom. The van der Waals surface area contributed by atoms with E-state index >= 15 is 0 Å². The maximum atomic E-state index is 12.9. The normalized spacial score (nSPS) is 11.7. The number of amides is 3. The van der Waals surface area contributed by atoms with E-state index in [4.69, 9.17) is 9.47 Å². The van der Waals surface area contributed by atoms with Gasteiger partial charge >= 0.3 is 12.2 Å². The van der Waals surface area contributed by atoms with Gasteiger partial charge in [-0.2, -0.15) is 0 Å². The van der Waals surface area contributed by atoms with Crippen molar-refractivity contribution in [2.75, 3.05) is 0 Å². The van der Waals surface area contributed by atoms with E-state index in [1.165, 1.54) is 0 Å². The van der Waals surface area contributed by atoms with E-state index in [-0.39, 0.29) is 19.6 Å². The van der Waals surface area contributed by atoms with Crippen LogP contribution in [0.3, 0.4) is 0 Å². The summed E-state index contributed by atoms with van der Waals surface area (Å²) in [5.41, 5.74) is 2.93. The first-order valence-corrected chi connectivity index (χ1v) is 12.4. The van der Waals surface area contributed by atoms with Gasteiger partial charge in [-0.05, 0) is 49.1 Å². The average Bonchev–Trinajstić information content (AvgIpc) is 2.89. The number of pyridine rings is 1. The van der Waals surface area contributed by atoms with Crippen LogP contribution in [0.4, 0.5) is 9.59 Å². The first kappa shape index (κ1) is 28.2. The molecule has 0 aliphatic carbocycles. The summed E-state index contributed by atoms with van der Waals surface area (Å²) in [4.78, 5) is 41.3. The number of ether oxygens (including phenoxy) is 2. The van der Waals surface area contributed by atoms with E-state index in [1.807, 2.05) is 81.4 Å². The molecule has 1 atom stereocenters. The minimum absolute atomic E-state index is 0.197. The third-order valence-electron chi connectivity index (χ3n) is 5.30. The molecule has 0 saturated carbocycles. The molecule has 0 aliphatic heterocycles. The van der Waals surface area contributed by atoms with Crippen LogP contribution in [-0.2, 0) is 40.4 Å². The molecule has 3 N–H and O–H groups in total. The number of hydrogen-bond donors (Lipinski definition) is 3. The van der Waals surface area contributed by atoms with Gasteiger partial charge in [0.05, 0.1) is 0 Å². The lowest BCUT2D eigenvalue weighted by atomic mass is 10.1. The van der Waals surface area contributed by atoms with Crippen LogP contribution >= 0.6 is 0 Å². The molecule has 1 heterocycles. The second kappa shape index (κ2) is 13.8. The van der Waals surface area contributed by atoms with Crippen molar-refractivity contribution in [2.24, 2.45) is 0 Å². The Morgan fingerprint density at radius 2 is 1.42 bits per heavy atom. The molecule has 3 aromatic rings. The van der Waals surface area contributed by atoms with Crippen molar-refractivity contribution in [3.05, 3.63) is 101 Å². The molecular formula is C29H34N4O5. The summed E-state index contributed by atoms with van der Waals surface area (Å²) < 4.78 is 10.7. The second-order valence-corrected chi connectivity index (χ2v) is 9.78. The Labute approximate surface area is 223 Å². The monoisotopic (exact) mass is 518 g/mol. The Balaban J connectivity index is 1.49. The Bertz CT molecular complexity index is 1180. The number of alkyl carbamates (subject to hydrolysis) is 2. The molecule has 1 aromatic heterocycles. The SMILES string of the molecule is CC(C)(C)NC(=O)O[C@@H](Cc1cccnc1)C(=O)NCc1ccc(CNC(=O)OCc2ccccc2)cc1. The van der Waals surface area contributed by atoms with Crippen LogP contribution in [0, 0.1) is 0 Å². The third kappa shape index (κ3) is 10.3. The fraction of sp³-hybridized carbons (Fsp3) is 0.310. The fourth-order valence-electron chi connectivity index (χ4n) is 3.41. The first-order chi connectivity index (χ1) is 18.2. The van der Waals surface area contributed by atoms with Crippen molar-refractivity contribution < 1.29 is 23.9 Å². The molecule has 0 aliphatic rings. The summed E-state index contributed by atoms with van der Waals surface area (Å²) in [6.07, 6.45) is 1.28. The van der Waals surface area contributed by atoms with Crippen LogP contribution in [0.15, 0.2) is 79.1 Å². The number of hydrogen-bond acceptors (Lipinski definition) is 6. The molecular weight excluding hydrogens is 484 g/mol. The molecule has 9 nitrogen and oxygen atoms in total. The lowest BCUT2D eigenvalue weighted by Crippen LogP contribution is -2.46. The Hall–Kier alpha value is -4.40. The predicted molar refractivity (Wildman–Crippen MR) is 143 cm³/mol. The molecule has 0 radical (unpaired) electrons. The van der Waals surface area contributed by atoms with Gasteiger partial charge in [-0.3, -0.25) is 9.78 Å². The topological polar surface area (TPSA) is 119 Å². The van der Waals surface area contributed by atoms with Gasteiger partial charge in [-0.15, -0.1) is 0 Å². The number of benzene rings is 2. The molecule has 0 saturated heterocycles. The van der Waals surface area contributed by atoms with Crippen LogP contribution in [0.5, 0.6) is 0 Å². The highest BCUT2D eigenvalue weighted by atomic mass is 16.6. The zero-order valence-electron chi connectivity index (χ0n) is 21.9. The van der Waals surface area contributed by atoms with E-state index in [0.717, 1.165) is 22.3 Å². The van der Waals surface area contributed by atoms with Crippen LogP contribution in [0.1, 0.15) is 43.0 Å². The molecule has 0 unspecified atom stereocenters. The quantitative estimate of drug-likeness (QED) is 0.369.